The van der Waals surface area contributed by atoms with Crippen LogP contribution in [0, 0.1) is 34.5 Å². The summed E-state index contributed by atoms with van der Waals surface area (Å²) in [7, 11) is 0. The Kier molecular flexibility index (Phi) is 3.32. The molecule has 0 heterocycles. The van der Waals surface area contributed by atoms with Crippen molar-refractivity contribution in [3.05, 3.63) is 0 Å². The van der Waals surface area contributed by atoms with Gasteiger partial charge in [0.1, 0.15) is 0 Å². The van der Waals surface area contributed by atoms with Crippen molar-refractivity contribution in [2.24, 2.45) is 34.5 Å². The first kappa shape index (κ1) is 15.4. The molecular formula is C20H34O2. The lowest BCUT2D eigenvalue weighted by molar-refractivity contribution is -0.150. The number of fused-ring (bicyclic) bond motifs is 5. The summed E-state index contributed by atoms with van der Waals surface area (Å²) in [5, 5.41) is 21.0. The highest BCUT2D eigenvalue weighted by Gasteiger charge is 2.60. The zero-order chi connectivity index (χ0) is 15.8. The molecule has 2 nitrogen and oxygen atoms in total. The summed E-state index contributed by atoms with van der Waals surface area (Å²) in [6.45, 7) is 6.95. The van der Waals surface area contributed by atoms with Gasteiger partial charge in [-0.2, -0.15) is 0 Å². The van der Waals surface area contributed by atoms with Crippen LogP contribution in [0.15, 0.2) is 0 Å². The number of rotatable bonds is 0. The molecule has 0 aromatic carbocycles. The van der Waals surface area contributed by atoms with Gasteiger partial charge in [-0.05, 0) is 99.2 Å². The molecule has 0 spiro atoms. The van der Waals surface area contributed by atoms with E-state index < -0.39 is 5.60 Å². The highest BCUT2D eigenvalue weighted by atomic mass is 16.3. The summed E-state index contributed by atoms with van der Waals surface area (Å²) < 4.78 is 0. The molecule has 126 valence electrons. The third-order valence-corrected chi connectivity index (χ3v) is 8.90. The third kappa shape index (κ3) is 1.99. The summed E-state index contributed by atoms with van der Waals surface area (Å²) in [5.41, 5.74) is 0.217. The lowest BCUT2D eigenvalue weighted by Crippen LogP contribution is -2.55. The van der Waals surface area contributed by atoms with E-state index in [4.69, 9.17) is 0 Å². The van der Waals surface area contributed by atoms with E-state index in [9.17, 15) is 10.2 Å². The van der Waals surface area contributed by atoms with E-state index in [1.54, 1.807) is 0 Å². The Bertz CT molecular complexity index is 459. The zero-order valence-electron chi connectivity index (χ0n) is 14.6. The second-order valence-corrected chi connectivity index (χ2v) is 10.00. The second kappa shape index (κ2) is 4.72. The quantitative estimate of drug-likeness (QED) is 0.706. The molecule has 4 aliphatic carbocycles. The van der Waals surface area contributed by atoms with E-state index >= 15 is 0 Å². The minimum Gasteiger partial charge on any atom is -0.393 e. The number of aliphatic hydroxyl groups excluding tert-OH is 1. The van der Waals surface area contributed by atoms with Gasteiger partial charge in [0.05, 0.1) is 11.7 Å². The molecule has 0 aliphatic heterocycles. The fourth-order valence-corrected chi connectivity index (χ4v) is 7.40. The number of hydrogen-bond acceptors (Lipinski definition) is 2. The van der Waals surface area contributed by atoms with Crippen LogP contribution in [-0.2, 0) is 0 Å². The van der Waals surface area contributed by atoms with Crippen LogP contribution in [0.1, 0.15) is 78.6 Å². The SMILES string of the molecule is C[C@@]1(O)CC[C@]2(C)[C@@H](CC[C@@H]3[C@H]4CC[C@@H](O)[C@]4(C)CC[C@H]32)C1. The van der Waals surface area contributed by atoms with Crippen molar-refractivity contribution in [2.75, 3.05) is 0 Å². The molecule has 0 unspecified atom stereocenters. The van der Waals surface area contributed by atoms with E-state index in [0.717, 1.165) is 37.0 Å². The van der Waals surface area contributed by atoms with Crippen LogP contribution in [0.25, 0.3) is 0 Å². The highest BCUT2D eigenvalue weighted by molar-refractivity contribution is 5.10. The fourth-order valence-electron chi connectivity index (χ4n) is 7.40. The zero-order valence-corrected chi connectivity index (χ0v) is 14.6. The van der Waals surface area contributed by atoms with E-state index in [-0.39, 0.29) is 11.5 Å². The van der Waals surface area contributed by atoms with Gasteiger partial charge in [0.2, 0.25) is 0 Å². The summed E-state index contributed by atoms with van der Waals surface area (Å²) in [5.74, 6) is 3.14. The molecule has 8 atom stereocenters. The molecule has 4 saturated carbocycles. The monoisotopic (exact) mass is 306 g/mol. The van der Waals surface area contributed by atoms with Crippen LogP contribution in [0.3, 0.4) is 0 Å². The standard InChI is InChI=1S/C20H34O2/c1-18(22)10-11-19(2)13(12-18)4-5-14-15-6-7-17(21)20(15,3)9-8-16(14)19/h13-17,21-22H,4-12H2,1-3H3/t13-,14+,15+,16+,17+,18+,19+,20+/m0/s1. The topological polar surface area (TPSA) is 40.5 Å². The second-order valence-electron chi connectivity index (χ2n) is 10.00. The molecule has 4 fully saturated rings. The molecule has 4 aliphatic rings. The van der Waals surface area contributed by atoms with Crippen molar-refractivity contribution in [2.45, 2.75) is 90.3 Å². The van der Waals surface area contributed by atoms with Gasteiger partial charge in [0, 0.05) is 0 Å². The van der Waals surface area contributed by atoms with Crippen molar-refractivity contribution in [3.63, 3.8) is 0 Å². The molecule has 0 aromatic heterocycles. The van der Waals surface area contributed by atoms with E-state index in [1.807, 2.05) is 6.92 Å². The van der Waals surface area contributed by atoms with Gasteiger partial charge in [0.15, 0.2) is 0 Å². The first-order valence-corrected chi connectivity index (χ1v) is 9.67. The minimum absolute atomic E-state index is 0.0592. The Balaban J connectivity index is 1.62. The van der Waals surface area contributed by atoms with Gasteiger partial charge >= 0.3 is 0 Å². The van der Waals surface area contributed by atoms with E-state index in [2.05, 4.69) is 13.8 Å². The molecule has 22 heavy (non-hydrogen) atoms. The maximum absolute atomic E-state index is 10.5. The Morgan fingerprint density at radius 2 is 1.50 bits per heavy atom. The van der Waals surface area contributed by atoms with Gasteiger partial charge in [-0.15, -0.1) is 0 Å². The van der Waals surface area contributed by atoms with E-state index in [0.29, 0.717) is 11.3 Å². The molecule has 0 aromatic rings. The van der Waals surface area contributed by atoms with Crippen LogP contribution in [0.4, 0.5) is 0 Å². The highest BCUT2D eigenvalue weighted by Crippen LogP contribution is 2.66. The average molecular weight is 306 g/mol. The van der Waals surface area contributed by atoms with E-state index in [1.165, 1.54) is 38.5 Å². The lowest BCUT2D eigenvalue weighted by Gasteiger charge is -2.61. The van der Waals surface area contributed by atoms with Crippen molar-refractivity contribution in [1.82, 2.24) is 0 Å². The number of hydrogen-bond donors (Lipinski definition) is 2. The molecule has 0 amide bonds. The largest absolute Gasteiger partial charge is 0.393 e. The average Bonchev–Trinajstić information content (AvgIpc) is 2.76. The normalized spacial score (nSPS) is 61.2. The summed E-state index contributed by atoms with van der Waals surface area (Å²) in [6.07, 6.45) is 10.6. The van der Waals surface area contributed by atoms with Crippen molar-refractivity contribution in [3.8, 4) is 0 Å². The Labute approximate surface area is 135 Å². The summed E-state index contributed by atoms with van der Waals surface area (Å²) in [4.78, 5) is 0. The Morgan fingerprint density at radius 3 is 2.27 bits per heavy atom. The van der Waals surface area contributed by atoms with Crippen LogP contribution in [0.2, 0.25) is 0 Å². The molecule has 0 saturated heterocycles. The van der Waals surface area contributed by atoms with Gasteiger partial charge in [-0.3, -0.25) is 0 Å². The van der Waals surface area contributed by atoms with Crippen molar-refractivity contribution >= 4 is 0 Å². The Hall–Kier alpha value is -0.0800. The van der Waals surface area contributed by atoms with Crippen LogP contribution in [0.5, 0.6) is 0 Å². The van der Waals surface area contributed by atoms with Crippen LogP contribution in [-0.4, -0.2) is 21.9 Å². The molecular weight excluding hydrogens is 272 g/mol. The molecule has 0 bridgehead atoms. The molecule has 2 heteroatoms. The van der Waals surface area contributed by atoms with Gasteiger partial charge in [-0.25, -0.2) is 0 Å². The number of aliphatic hydroxyl groups is 2. The Morgan fingerprint density at radius 1 is 0.773 bits per heavy atom. The van der Waals surface area contributed by atoms with Crippen LogP contribution >= 0.6 is 0 Å². The smallest absolute Gasteiger partial charge is 0.0622 e. The summed E-state index contributed by atoms with van der Waals surface area (Å²) >= 11 is 0. The predicted molar refractivity (Wildman–Crippen MR) is 88.4 cm³/mol. The maximum Gasteiger partial charge on any atom is 0.0622 e. The fraction of sp³-hybridized carbons (Fsp3) is 1.00. The van der Waals surface area contributed by atoms with Gasteiger partial charge in [0.25, 0.3) is 0 Å². The van der Waals surface area contributed by atoms with Crippen LogP contribution < -0.4 is 0 Å². The predicted octanol–water partition coefficient (Wildman–Crippen LogP) is 4.14. The summed E-state index contributed by atoms with van der Waals surface area (Å²) in [6, 6.07) is 0. The van der Waals surface area contributed by atoms with Gasteiger partial charge in [-0.1, -0.05) is 13.8 Å². The maximum atomic E-state index is 10.5. The van der Waals surface area contributed by atoms with Crippen molar-refractivity contribution < 1.29 is 10.2 Å². The van der Waals surface area contributed by atoms with Crippen molar-refractivity contribution in [1.29, 1.82) is 0 Å². The molecule has 0 radical (unpaired) electrons. The molecule has 4 rings (SSSR count). The minimum atomic E-state index is -0.427. The van der Waals surface area contributed by atoms with Gasteiger partial charge < -0.3 is 10.2 Å². The first-order chi connectivity index (χ1) is 10.3. The first-order valence-electron chi connectivity index (χ1n) is 9.67. The molecule has 2 N–H and O–H groups in total. The third-order valence-electron chi connectivity index (χ3n) is 8.90. The lowest BCUT2D eigenvalue weighted by atomic mass is 9.44.